The molecule has 0 aromatic heterocycles. The maximum absolute atomic E-state index is 12.0. The molecular weight excluding hydrogens is 230 g/mol. The number of anilines is 1. The van der Waals surface area contributed by atoms with Gasteiger partial charge in [-0.1, -0.05) is 12.1 Å². The summed E-state index contributed by atoms with van der Waals surface area (Å²) in [6, 6.07) is 7.15. The summed E-state index contributed by atoms with van der Waals surface area (Å²) in [7, 11) is 0. The van der Waals surface area contributed by atoms with E-state index in [0.717, 1.165) is 19.4 Å². The molecule has 1 heterocycles. The largest absolute Gasteiger partial charge is 0.376 e. The number of hydrogen-bond acceptors (Lipinski definition) is 4. The van der Waals surface area contributed by atoms with E-state index in [9.17, 15) is 4.79 Å². The molecule has 1 saturated heterocycles. The second-order valence-electron chi connectivity index (χ2n) is 4.39. The van der Waals surface area contributed by atoms with Gasteiger partial charge in [-0.25, -0.2) is 0 Å². The maximum Gasteiger partial charge on any atom is 0.253 e. The second kappa shape index (κ2) is 6.37. The molecule has 4 N–H and O–H groups in total. The van der Waals surface area contributed by atoms with Gasteiger partial charge in [0.2, 0.25) is 0 Å². The molecule has 0 radical (unpaired) electrons. The van der Waals surface area contributed by atoms with E-state index in [2.05, 4.69) is 10.7 Å². The van der Waals surface area contributed by atoms with Crippen molar-refractivity contribution in [1.82, 2.24) is 5.32 Å². The van der Waals surface area contributed by atoms with Crippen LogP contribution in [0.15, 0.2) is 24.3 Å². The summed E-state index contributed by atoms with van der Waals surface area (Å²) in [6.07, 6.45) is 3.43. The highest BCUT2D eigenvalue weighted by molar-refractivity contribution is 5.99. The average Bonchev–Trinajstić information content (AvgIpc) is 2.45. The molecule has 1 amide bonds. The lowest BCUT2D eigenvalue weighted by Gasteiger charge is -2.22. The van der Waals surface area contributed by atoms with Crippen LogP contribution in [-0.2, 0) is 4.74 Å². The van der Waals surface area contributed by atoms with E-state index in [4.69, 9.17) is 10.6 Å². The van der Waals surface area contributed by atoms with Gasteiger partial charge >= 0.3 is 0 Å². The molecule has 0 spiro atoms. The van der Waals surface area contributed by atoms with E-state index in [0.29, 0.717) is 17.8 Å². The minimum Gasteiger partial charge on any atom is -0.376 e. The summed E-state index contributed by atoms with van der Waals surface area (Å²) < 4.78 is 5.57. The van der Waals surface area contributed by atoms with Crippen molar-refractivity contribution in [3.8, 4) is 0 Å². The molecule has 0 saturated carbocycles. The molecule has 1 aromatic carbocycles. The lowest BCUT2D eigenvalue weighted by Crippen LogP contribution is -2.35. The first-order valence-corrected chi connectivity index (χ1v) is 6.26. The van der Waals surface area contributed by atoms with E-state index >= 15 is 0 Å². The first-order valence-electron chi connectivity index (χ1n) is 6.26. The van der Waals surface area contributed by atoms with Crippen molar-refractivity contribution in [1.29, 1.82) is 0 Å². The van der Waals surface area contributed by atoms with Crippen LogP contribution in [0.5, 0.6) is 0 Å². The highest BCUT2D eigenvalue weighted by Crippen LogP contribution is 2.14. The van der Waals surface area contributed by atoms with Crippen LogP contribution in [0.2, 0.25) is 0 Å². The molecule has 1 atom stereocenters. The predicted octanol–water partition coefficient (Wildman–Crippen LogP) is 1.27. The van der Waals surface area contributed by atoms with Crippen molar-refractivity contribution in [2.75, 3.05) is 18.6 Å². The van der Waals surface area contributed by atoms with Crippen molar-refractivity contribution in [2.45, 2.75) is 25.4 Å². The summed E-state index contributed by atoms with van der Waals surface area (Å²) in [5, 5.41) is 2.88. The van der Waals surface area contributed by atoms with Gasteiger partial charge in [0.15, 0.2) is 0 Å². The topological polar surface area (TPSA) is 76.4 Å². The van der Waals surface area contributed by atoms with Gasteiger partial charge < -0.3 is 15.5 Å². The predicted molar refractivity (Wildman–Crippen MR) is 70.2 cm³/mol. The van der Waals surface area contributed by atoms with Crippen LogP contribution >= 0.6 is 0 Å². The zero-order valence-corrected chi connectivity index (χ0v) is 10.3. The Morgan fingerprint density at radius 3 is 2.94 bits per heavy atom. The summed E-state index contributed by atoms with van der Waals surface area (Å²) >= 11 is 0. The molecule has 0 bridgehead atoms. The quantitative estimate of drug-likeness (QED) is 0.555. The highest BCUT2D eigenvalue weighted by atomic mass is 16.5. The summed E-state index contributed by atoms with van der Waals surface area (Å²) in [6.45, 7) is 1.35. The number of rotatable bonds is 4. The van der Waals surface area contributed by atoms with E-state index in [1.807, 2.05) is 12.1 Å². The number of benzene rings is 1. The maximum atomic E-state index is 12.0. The third-order valence-corrected chi connectivity index (χ3v) is 3.09. The molecule has 1 aliphatic rings. The number of ether oxygens (including phenoxy) is 1. The standard InChI is InChI=1S/C13H19N3O2/c14-16-12-7-2-1-6-11(12)13(17)15-9-10-5-3-4-8-18-10/h1-2,6-7,10,16H,3-5,8-9,14H2,(H,15,17). The Hall–Kier alpha value is -1.59. The Labute approximate surface area is 107 Å². The first kappa shape index (κ1) is 12.9. The Balaban J connectivity index is 1.90. The number of hydrogen-bond donors (Lipinski definition) is 3. The number of nitrogens with one attached hydrogen (secondary N) is 2. The van der Waals surface area contributed by atoms with Gasteiger partial charge in [0, 0.05) is 13.2 Å². The molecule has 1 aliphatic heterocycles. The third kappa shape index (κ3) is 3.21. The van der Waals surface area contributed by atoms with E-state index in [-0.39, 0.29) is 12.0 Å². The number of para-hydroxylation sites is 1. The smallest absolute Gasteiger partial charge is 0.253 e. The van der Waals surface area contributed by atoms with Gasteiger partial charge in [0.25, 0.3) is 5.91 Å². The van der Waals surface area contributed by atoms with Crippen LogP contribution < -0.4 is 16.6 Å². The van der Waals surface area contributed by atoms with Crippen molar-refractivity contribution in [2.24, 2.45) is 5.84 Å². The van der Waals surface area contributed by atoms with Crippen molar-refractivity contribution < 1.29 is 9.53 Å². The summed E-state index contributed by atoms with van der Waals surface area (Å²) in [4.78, 5) is 12.0. The molecule has 1 unspecified atom stereocenters. The summed E-state index contributed by atoms with van der Waals surface area (Å²) in [5.74, 6) is 5.25. The van der Waals surface area contributed by atoms with Crippen LogP contribution in [0.3, 0.4) is 0 Å². The van der Waals surface area contributed by atoms with Gasteiger partial charge in [-0.15, -0.1) is 0 Å². The lowest BCUT2D eigenvalue weighted by atomic mass is 10.1. The third-order valence-electron chi connectivity index (χ3n) is 3.09. The molecule has 18 heavy (non-hydrogen) atoms. The van der Waals surface area contributed by atoms with Gasteiger partial charge in [0.1, 0.15) is 0 Å². The Bertz CT molecular complexity index is 403. The number of hydrazine groups is 1. The van der Waals surface area contributed by atoms with Crippen molar-refractivity contribution in [3.05, 3.63) is 29.8 Å². The minimum atomic E-state index is -0.127. The Morgan fingerprint density at radius 2 is 2.22 bits per heavy atom. The van der Waals surface area contributed by atoms with E-state index in [1.165, 1.54) is 6.42 Å². The Kier molecular flexibility index (Phi) is 4.55. The number of carbonyl (C=O) groups excluding carboxylic acids is 1. The van der Waals surface area contributed by atoms with Gasteiger partial charge in [-0.2, -0.15) is 0 Å². The van der Waals surface area contributed by atoms with E-state index < -0.39 is 0 Å². The van der Waals surface area contributed by atoms with Gasteiger partial charge in [-0.3, -0.25) is 10.6 Å². The molecular formula is C13H19N3O2. The second-order valence-corrected chi connectivity index (χ2v) is 4.39. The number of carbonyl (C=O) groups is 1. The fraction of sp³-hybridized carbons (Fsp3) is 0.462. The molecule has 2 rings (SSSR count). The first-order chi connectivity index (χ1) is 8.81. The van der Waals surface area contributed by atoms with Crippen LogP contribution in [0.4, 0.5) is 5.69 Å². The lowest BCUT2D eigenvalue weighted by molar-refractivity contribution is 0.0169. The average molecular weight is 249 g/mol. The Morgan fingerprint density at radius 1 is 1.39 bits per heavy atom. The normalized spacial score (nSPS) is 19.3. The van der Waals surface area contributed by atoms with Crippen LogP contribution in [0.1, 0.15) is 29.6 Å². The van der Waals surface area contributed by atoms with Gasteiger partial charge in [0.05, 0.1) is 17.4 Å². The molecule has 1 fully saturated rings. The molecule has 98 valence electrons. The molecule has 5 nitrogen and oxygen atoms in total. The SMILES string of the molecule is NNc1ccccc1C(=O)NCC1CCCCO1. The van der Waals surface area contributed by atoms with Gasteiger partial charge in [-0.05, 0) is 31.4 Å². The monoisotopic (exact) mass is 249 g/mol. The molecule has 5 heteroatoms. The number of nitrogen functional groups attached to an aromatic ring is 1. The zero-order chi connectivity index (χ0) is 12.8. The van der Waals surface area contributed by atoms with Crippen LogP contribution in [-0.4, -0.2) is 25.2 Å². The van der Waals surface area contributed by atoms with Crippen molar-refractivity contribution >= 4 is 11.6 Å². The molecule has 0 aliphatic carbocycles. The molecule has 1 aromatic rings. The minimum absolute atomic E-state index is 0.127. The van der Waals surface area contributed by atoms with Crippen LogP contribution in [0.25, 0.3) is 0 Å². The zero-order valence-electron chi connectivity index (χ0n) is 10.3. The van der Waals surface area contributed by atoms with E-state index in [1.54, 1.807) is 12.1 Å². The highest BCUT2D eigenvalue weighted by Gasteiger charge is 2.16. The number of nitrogens with two attached hydrogens (primary N) is 1. The summed E-state index contributed by atoms with van der Waals surface area (Å²) in [5.41, 5.74) is 3.70. The fourth-order valence-electron chi connectivity index (χ4n) is 2.08. The van der Waals surface area contributed by atoms with Crippen molar-refractivity contribution in [3.63, 3.8) is 0 Å². The van der Waals surface area contributed by atoms with Crippen LogP contribution in [0, 0.1) is 0 Å². The number of amides is 1. The fourth-order valence-corrected chi connectivity index (χ4v) is 2.08.